The van der Waals surface area contributed by atoms with Crippen molar-refractivity contribution in [1.29, 1.82) is 0 Å². The molecule has 0 bridgehead atoms. The number of anilines is 2. The molecule has 5 nitrogen and oxygen atoms in total. The van der Waals surface area contributed by atoms with Gasteiger partial charge in [-0.25, -0.2) is 4.98 Å². The number of hydrogen-bond donors (Lipinski definition) is 2. The Hall–Kier alpha value is -2.40. The summed E-state index contributed by atoms with van der Waals surface area (Å²) in [6, 6.07) is 13.3. The lowest BCUT2D eigenvalue weighted by molar-refractivity contribution is 0.102. The molecule has 1 atom stereocenters. The number of carbonyl (C=O) groups excluding carboxylic acids is 1. The minimum absolute atomic E-state index is 0.154. The minimum Gasteiger partial charge on any atom is -0.355 e. The highest BCUT2D eigenvalue weighted by atomic mass is 16.1. The molecule has 0 unspecified atom stereocenters. The fraction of sp³-hybridized carbons (Fsp3) is 0.250. The monoisotopic (exact) mass is 282 g/mol. The van der Waals surface area contributed by atoms with Gasteiger partial charge in [-0.2, -0.15) is 0 Å². The first-order valence-electron chi connectivity index (χ1n) is 7.05. The van der Waals surface area contributed by atoms with Crippen LogP contribution in [0.2, 0.25) is 0 Å². The summed E-state index contributed by atoms with van der Waals surface area (Å²) in [6.45, 7) is 1.74. The normalized spacial score (nSPS) is 17.8. The fourth-order valence-electron chi connectivity index (χ4n) is 2.43. The molecule has 3 N–H and O–H groups in total. The Morgan fingerprint density at radius 1 is 1.24 bits per heavy atom. The predicted molar refractivity (Wildman–Crippen MR) is 83.4 cm³/mol. The highest BCUT2D eigenvalue weighted by Gasteiger charge is 2.20. The van der Waals surface area contributed by atoms with Crippen molar-refractivity contribution in [2.75, 3.05) is 23.3 Å². The number of nitrogens with zero attached hydrogens (tertiary/aromatic N) is 2. The van der Waals surface area contributed by atoms with E-state index in [4.69, 9.17) is 5.73 Å². The molecule has 1 amide bonds. The summed E-state index contributed by atoms with van der Waals surface area (Å²) in [5, 5.41) is 2.84. The van der Waals surface area contributed by atoms with Gasteiger partial charge in [-0.3, -0.25) is 4.79 Å². The molecule has 1 aromatic carbocycles. The lowest BCUT2D eigenvalue weighted by Crippen LogP contribution is -2.26. The Kier molecular flexibility index (Phi) is 3.83. The van der Waals surface area contributed by atoms with Gasteiger partial charge in [0.1, 0.15) is 5.82 Å². The highest BCUT2D eigenvalue weighted by Crippen LogP contribution is 2.17. The highest BCUT2D eigenvalue weighted by molar-refractivity contribution is 6.04. The molecule has 0 saturated carbocycles. The molecule has 2 aromatic rings. The first kappa shape index (κ1) is 13.6. The van der Waals surface area contributed by atoms with Gasteiger partial charge in [0.15, 0.2) is 0 Å². The Balaban J connectivity index is 1.68. The lowest BCUT2D eigenvalue weighted by Gasteiger charge is -2.16. The maximum Gasteiger partial charge on any atom is 0.257 e. The SMILES string of the molecule is N[C@H]1CCN(c2ccc(C(=O)Nc3ccccc3)cn2)C1. The molecule has 1 aromatic heterocycles. The second-order valence-corrected chi connectivity index (χ2v) is 5.22. The zero-order valence-corrected chi connectivity index (χ0v) is 11.7. The first-order valence-corrected chi connectivity index (χ1v) is 7.05. The second kappa shape index (κ2) is 5.93. The number of nitrogens with one attached hydrogen (secondary N) is 1. The summed E-state index contributed by atoms with van der Waals surface area (Å²) in [4.78, 5) is 18.6. The number of nitrogens with two attached hydrogens (primary N) is 1. The van der Waals surface area contributed by atoms with Crippen molar-refractivity contribution in [3.63, 3.8) is 0 Å². The van der Waals surface area contributed by atoms with Crippen LogP contribution in [-0.2, 0) is 0 Å². The molecule has 1 aliphatic rings. The third-order valence-corrected chi connectivity index (χ3v) is 3.59. The van der Waals surface area contributed by atoms with Crippen molar-refractivity contribution in [3.05, 3.63) is 54.2 Å². The van der Waals surface area contributed by atoms with Gasteiger partial charge < -0.3 is 16.0 Å². The van der Waals surface area contributed by atoms with Crippen molar-refractivity contribution in [2.24, 2.45) is 5.73 Å². The molecule has 1 saturated heterocycles. The van der Waals surface area contributed by atoms with Gasteiger partial charge in [-0.15, -0.1) is 0 Å². The maximum absolute atomic E-state index is 12.1. The van der Waals surface area contributed by atoms with Crippen molar-refractivity contribution in [2.45, 2.75) is 12.5 Å². The van der Waals surface area contributed by atoms with E-state index in [-0.39, 0.29) is 11.9 Å². The molecular weight excluding hydrogens is 264 g/mol. The Labute approximate surface area is 123 Å². The Bertz CT molecular complexity index is 612. The number of aromatic nitrogens is 1. The zero-order valence-electron chi connectivity index (χ0n) is 11.7. The summed E-state index contributed by atoms with van der Waals surface area (Å²) in [7, 11) is 0. The molecule has 1 aliphatic heterocycles. The van der Waals surface area contributed by atoms with Crippen molar-refractivity contribution in [3.8, 4) is 0 Å². The smallest absolute Gasteiger partial charge is 0.257 e. The third kappa shape index (κ3) is 3.20. The molecule has 0 spiro atoms. The molecule has 1 fully saturated rings. The van der Waals surface area contributed by atoms with E-state index >= 15 is 0 Å². The summed E-state index contributed by atoms with van der Waals surface area (Å²) in [6.07, 6.45) is 2.59. The van der Waals surface area contributed by atoms with Crippen LogP contribution in [0.25, 0.3) is 0 Å². The molecule has 3 rings (SSSR count). The van der Waals surface area contributed by atoms with E-state index in [9.17, 15) is 4.79 Å². The van der Waals surface area contributed by atoms with Crippen LogP contribution in [0, 0.1) is 0 Å². The van der Waals surface area contributed by atoms with Gasteiger partial charge in [0.2, 0.25) is 0 Å². The molecule has 108 valence electrons. The van der Waals surface area contributed by atoms with E-state index in [0.717, 1.165) is 31.0 Å². The van der Waals surface area contributed by atoms with Gasteiger partial charge in [0.05, 0.1) is 5.56 Å². The number of amides is 1. The van der Waals surface area contributed by atoms with Gasteiger partial charge in [-0.05, 0) is 30.7 Å². The van der Waals surface area contributed by atoms with Crippen LogP contribution in [-0.4, -0.2) is 30.0 Å². The van der Waals surface area contributed by atoms with Crippen LogP contribution in [0.15, 0.2) is 48.7 Å². The Morgan fingerprint density at radius 3 is 2.67 bits per heavy atom. The zero-order chi connectivity index (χ0) is 14.7. The first-order chi connectivity index (χ1) is 10.2. The third-order valence-electron chi connectivity index (χ3n) is 3.59. The van der Waals surface area contributed by atoms with E-state index in [0.29, 0.717) is 5.56 Å². The molecule has 0 radical (unpaired) electrons. The van der Waals surface area contributed by atoms with Crippen LogP contribution in [0.1, 0.15) is 16.8 Å². The number of hydrogen-bond acceptors (Lipinski definition) is 4. The number of rotatable bonds is 3. The molecular formula is C16H18N4O. The van der Waals surface area contributed by atoms with E-state index in [1.807, 2.05) is 36.4 Å². The summed E-state index contributed by atoms with van der Waals surface area (Å²) < 4.78 is 0. The van der Waals surface area contributed by atoms with Crippen LogP contribution in [0.4, 0.5) is 11.5 Å². The summed E-state index contributed by atoms with van der Waals surface area (Å²) in [5.74, 6) is 0.720. The van der Waals surface area contributed by atoms with Gasteiger partial charge in [-0.1, -0.05) is 18.2 Å². The number of pyridine rings is 1. The standard InChI is InChI=1S/C16H18N4O/c17-13-8-9-20(11-13)15-7-6-12(10-18-15)16(21)19-14-4-2-1-3-5-14/h1-7,10,13H,8-9,11,17H2,(H,19,21)/t13-/m0/s1. The summed E-state index contributed by atoms with van der Waals surface area (Å²) in [5.41, 5.74) is 7.22. The van der Waals surface area contributed by atoms with Crippen molar-refractivity contribution >= 4 is 17.4 Å². The van der Waals surface area contributed by atoms with E-state index in [2.05, 4.69) is 15.2 Å². The quantitative estimate of drug-likeness (QED) is 0.901. The number of carbonyl (C=O) groups is 1. The van der Waals surface area contributed by atoms with Crippen LogP contribution >= 0.6 is 0 Å². The predicted octanol–water partition coefficient (Wildman–Crippen LogP) is 1.87. The van der Waals surface area contributed by atoms with Gasteiger partial charge >= 0.3 is 0 Å². The summed E-state index contributed by atoms with van der Waals surface area (Å²) >= 11 is 0. The molecule has 0 aliphatic carbocycles. The largest absolute Gasteiger partial charge is 0.355 e. The van der Waals surface area contributed by atoms with Crippen LogP contribution in [0.3, 0.4) is 0 Å². The maximum atomic E-state index is 12.1. The van der Waals surface area contributed by atoms with Gasteiger partial charge in [0.25, 0.3) is 5.91 Å². The van der Waals surface area contributed by atoms with Crippen LogP contribution in [0.5, 0.6) is 0 Å². The van der Waals surface area contributed by atoms with Crippen LogP contribution < -0.4 is 16.0 Å². The van der Waals surface area contributed by atoms with E-state index < -0.39 is 0 Å². The minimum atomic E-state index is -0.154. The van der Waals surface area contributed by atoms with E-state index in [1.54, 1.807) is 12.3 Å². The van der Waals surface area contributed by atoms with Crippen molar-refractivity contribution < 1.29 is 4.79 Å². The fourth-order valence-corrected chi connectivity index (χ4v) is 2.43. The average Bonchev–Trinajstić information content (AvgIpc) is 2.95. The second-order valence-electron chi connectivity index (χ2n) is 5.22. The molecule has 2 heterocycles. The average molecular weight is 282 g/mol. The topological polar surface area (TPSA) is 71.2 Å². The van der Waals surface area contributed by atoms with Crippen molar-refractivity contribution in [1.82, 2.24) is 4.98 Å². The number of para-hydroxylation sites is 1. The Morgan fingerprint density at radius 2 is 2.05 bits per heavy atom. The van der Waals surface area contributed by atoms with E-state index in [1.165, 1.54) is 0 Å². The lowest BCUT2D eigenvalue weighted by atomic mass is 10.2. The van der Waals surface area contributed by atoms with Gasteiger partial charge in [0, 0.05) is 31.0 Å². The number of benzene rings is 1. The molecule has 21 heavy (non-hydrogen) atoms. The molecule has 5 heteroatoms.